The number of fused-ring (bicyclic) bond motifs is 1. The van der Waals surface area contributed by atoms with Gasteiger partial charge in [-0.15, -0.1) is 0 Å². The van der Waals surface area contributed by atoms with Gasteiger partial charge in [0.1, 0.15) is 5.76 Å². The highest BCUT2D eigenvalue weighted by atomic mass is 16.5. The first-order valence-electron chi connectivity index (χ1n) is 9.69. The van der Waals surface area contributed by atoms with Gasteiger partial charge in [0.25, 0.3) is 0 Å². The monoisotopic (exact) mass is 370 g/mol. The number of amides is 1. The quantitative estimate of drug-likeness (QED) is 0.877. The Bertz CT molecular complexity index is 760. The van der Waals surface area contributed by atoms with Crippen LogP contribution in [0.1, 0.15) is 30.6 Å². The van der Waals surface area contributed by atoms with Gasteiger partial charge in [-0.1, -0.05) is 6.07 Å². The van der Waals surface area contributed by atoms with Crippen LogP contribution in [0.4, 0.5) is 0 Å². The van der Waals surface area contributed by atoms with E-state index in [0.717, 1.165) is 61.7 Å². The molecule has 6 nitrogen and oxygen atoms in total. The molecule has 0 saturated carbocycles. The fourth-order valence-corrected chi connectivity index (χ4v) is 3.69. The van der Waals surface area contributed by atoms with E-state index in [1.165, 1.54) is 0 Å². The molecule has 1 aromatic heterocycles. The number of likely N-dealkylation sites (tertiary alicyclic amines) is 1. The summed E-state index contributed by atoms with van der Waals surface area (Å²) < 4.78 is 16.8. The van der Waals surface area contributed by atoms with Crippen LogP contribution >= 0.6 is 0 Å². The Labute approximate surface area is 159 Å². The molecule has 1 unspecified atom stereocenters. The van der Waals surface area contributed by atoms with Gasteiger partial charge in [-0.3, -0.25) is 9.69 Å². The van der Waals surface area contributed by atoms with Crippen LogP contribution in [0, 0.1) is 5.92 Å². The van der Waals surface area contributed by atoms with Crippen molar-refractivity contribution in [3.63, 3.8) is 0 Å². The third-order valence-corrected chi connectivity index (χ3v) is 5.11. The predicted molar refractivity (Wildman–Crippen MR) is 101 cm³/mol. The normalized spacial score (nSPS) is 20.1. The number of ether oxygens (including phenoxy) is 2. The smallest absolute Gasteiger partial charge is 0.224 e. The van der Waals surface area contributed by atoms with E-state index in [1.807, 2.05) is 30.3 Å². The summed E-state index contributed by atoms with van der Waals surface area (Å²) in [6.45, 7) is 4.39. The lowest BCUT2D eigenvalue weighted by Gasteiger charge is -2.31. The van der Waals surface area contributed by atoms with E-state index in [4.69, 9.17) is 13.9 Å². The average Bonchev–Trinajstić information content (AvgIpc) is 3.09. The van der Waals surface area contributed by atoms with E-state index in [-0.39, 0.29) is 11.8 Å². The van der Waals surface area contributed by atoms with Crippen molar-refractivity contribution in [3.05, 3.63) is 47.9 Å². The maximum absolute atomic E-state index is 12.6. The van der Waals surface area contributed by atoms with Crippen molar-refractivity contribution in [3.8, 4) is 11.5 Å². The van der Waals surface area contributed by atoms with E-state index in [1.54, 1.807) is 6.26 Å². The molecule has 0 bridgehead atoms. The van der Waals surface area contributed by atoms with Crippen LogP contribution in [0.5, 0.6) is 11.5 Å². The van der Waals surface area contributed by atoms with Crippen molar-refractivity contribution in [1.29, 1.82) is 0 Å². The molecule has 1 amide bonds. The summed E-state index contributed by atoms with van der Waals surface area (Å²) in [5.74, 6) is 2.63. The first-order chi connectivity index (χ1) is 13.3. The second-order valence-corrected chi connectivity index (χ2v) is 7.20. The number of carbonyl (C=O) groups excluding carboxylic acids is 1. The molecule has 1 aromatic carbocycles. The lowest BCUT2D eigenvalue weighted by Crippen LogP contribution is -2.42. The minimum absolute atomic E-state index is 0.0223. The maximum atomic E-state index is 12.6. The molecule has 0 radical (unpaired) electrons. The fraction of sp³-hybridized carbons (Fsp3) is 0.476. The second kappa shape index (κ2) is 8.48. The summed E-state index contributed by atoms with van der Waals surface area (Å²) in [4.78, 5) is 14.9. The second-order valence-electron chi connectivity index (χ2n) is 7.20. The van der Waals surface area contributed by atoms with Crippen molar-refractivity contribution in [2.75, 3.05) is 26.3 Å². The van der Waals surface area contributed by atoms with E-state index >= 15 is 0 Å². The van der Waals surface area contributed by atoms with Crippen molar-refractivity contribution in [2.24, 2.45) is 5.92 Å². The Balaban J connectivity index is 1.30. The summed E-state index contributed by atoms with van der Waals surface area (Å²) in [5.41, 5.74) is 1.02. The molecule has 2 aliphatic rings. The van der Waals surface area contributed by atoms with Gasteiger partial charge in [0.2, 0.25) is 5.91 Å². The standard InChI is InChI=1S/C21H26N2O4/c24-21(17-4-1-8-23(14-17)15-18-5-2-9-25-18)22-13-16-6-7-19-20(12-16)27-11-3-10-26-19/h2,5-7,9,12,17H,1,3-4,8,10-11,13-15H2,(H,22,24). The van der Waals surface area contributed by atoms with E-state index in [2.05, 4.69) is 10.2 Å². The molecule has 144 valence electrons. The van der Waals surface area contributed by atoms with Gasteiger partial charge in [0.15, 0.2) is 11.5 Å². The highest BCUT2D eigenvalue weighted by molar-refractivity contribution is 5.79. The molecule has 1 N–H and O–H groups in total. The Morgan fingerprint density at radius 1 is 1.15 bits per heavy atom. The minimum Gasteiger partial charge on any atom is -0.490 e. The van der Waals surface area contributed by atoms with Crippen molar-refractivity contribution in [1.82, 2.24) is 10.2 Å². The molecule has 4 rings (SSSR count). The fourth-order valence-electron chi connectivity index (χ4n) is 3.69. The van der Waals surface area contributed by atoms with Crippen molar-refractivity contribution in [2.45, 2.75) is 32.4 Å². The summed E-state index contributed by atoms with van der Waals surface area (Å²) >= 11 is 0. The molecule has 2 aliphatic heterocycles. The van der Waals surface area contributed by atoms with Gasteiger partial charge >= 0.3 is 0 Å². The van der Waals surface area contributed by atoms with Gasteiger partial charge < -0.3 is 19.2 Å². The Morgan fingerprint density at radius 2 is 2.04 bits per heavy atom. The largest absolute Gasteiger partial charge is 0.490 e. The first kappa shape index (κ1) is 17.9. The number of hydrogen-bond acceptors (Lipinski definition) is 5. The number of nitrogens with zero attached hydrogens (tertiary/aromatic N) is 1. The van der Waals surface area contributed by atoms with Crippen LogP contribution in [0.2, 0.25) is 0 Å². The van der Waals surface area contributed by atoms with Crippen LogP contribution in [0.25, 0.3) is 0 Å². The summed E-state index contributed by atoms with van der Waals surface area (Å²) in [7, 11) is 0. The zero-order valence-electron chi connectivity index (χ0n) is 15.5. The van der Waals surface area contributed by atoms with Crippen LogP contribution in [-0.2, 0) is 17.9 Å². The zero-order chi connectivity index (χ0) is 18.5. The van der Waals surface area contributed by atoms with Crippen LogP contribution in [0.15, 0.2) is 41.0 Å². The van der Waals surface area contributed by atoms with E-state index in [0.29, 0.717) is 19.8 Å². The van der Waals surface area contributed by atoms with Gasteiger partial charge in [-0.2, -0.15) is 0 Å². The Kier molecular flexibility index (Phi) is 5.63. The van der Waals surface area contributed by atoms with Gasteiger partial charge in [0.05, 0.1) is 31.9 Å². The van der Waals surface area contributed by atoms with Crippen molar-refractivity contribution < 1.29 is 18.7 Å². The Morgan fingerprint density at radius 3 is 2.89 bits per heavy atom. The highest BCUT2D eigenvalue weighted by Gasteiger charge is 2.26. The lowest BCUT2D eigenvalue weighted by molar-refractivity contribution is -0.127. The van der Waals surface area contributed by atoms with Crippen LogP contribution in [-0.4, -0.2) is 37.1 Å². The van der Waals surface area contributed by atoms with Crippen LogP contribution < -0.4 is 14.8 Å². The predicted octanol–water partition coefficient (Wildman–Crippen LogP) is 2.97. The first-order valence-corrected chi connectivity index (χ1v) is 9.69. The van der Waals surface area contributed by atoms with Gasteiger partial charge in [-0.25, -0.2) is 0 Å². The molecule has 0 spiro atoms. The molecule has 3 heterocycles. The third kappa shape index (κ3) is 4.63. The number of furan rings is 1. The van der Waals surface area contributed by atoms with E-state index < -0.39 is 0 Å². The molecule has 1 atom stereocenters. The highest BCUT2D eigenvalue weighted by Crippen LogP contribution is 2.30. The number of carbonyl (C=O) groups is 1. The number of nitrogens with one attached hydrogen (secondary N) is 1. The topological polar surface area (TPSA) is 63.9 Å². The number of hydrogen-bond donors (Lipinski definition) is 1. The van der Waals surface area contributed by atoms with Crippen LogP contribution in [0.3, 0.4) is 0 Å². The van der Waals surface area contributed by atoms with Gasteiger partial charge in [-0.05, 0) is 49.2 Å². The van der Waals surface area contributed by atoms with Gasteiger partial charge in [0, 0.05) is 19.5 Å². The molecular formula is C21H26N2O4. The van der Waals surface area contributed by atoms with Crippen molar-refractivity contribution >= 4 is 5.91 Å². The maximum Gasteiger partial charge on any atom is 0.224 e. The Hall–Kier alpha value is -2.47. The third-order valence-electron chi connectivity index (χ3n) is 5.11. The number of benzene rings is 1. The molecule has 2 aromatic rings. The molecule has 1 saturated heterocycles. The summed E-state index contributed by atoms with van der Waals surface area (Å²) in [6.07, 6.45) is 4.54. The summed E-state index contributed by atoms with van der Waals surface area (Å²) in [6, 6.07) is 9.75. The molecular weight excluding hydrogens is 344 g/mol. The number of piperidine rings is 1. The molecule has 1 fully saturated rings. The minimum atomic E-state index is 0.0223. The summed E-state index contributed by atoms with van der Waals surface area (Å²) in [5, 5.41) is 3.09. The SMILES string of the molecule is O=C(NCc1ccc2c(c1)OCCCO2)C1CCCN(Cc2ccco2)C1. The van der Waals surface area contributed by atoms with E-state index in [9.17, 15) is 4.79 Å². The number of rotatable bonds is 5. The lowest BCUT2D eigenvalue weighted by atomic mass is 9.97. The molecule has 6 heteroatoms. The molecule has 0 aliphatic carbocycles. The average molecular weight is 370 g/mol. The molecule has 27 heavy (non-hydrogen) atoms. The zero-order valence-corrected chi connectivity index (χ0v) is 15.5.